The summed E-state index contributed by atoms with van der Waals surface area (Å²) in [6.07, 6.45) is 9.01. The highest BCUT2D eigenvalue weighted by atomic mass is 16.2. The van der Waals surface area contributed by atoms with Gasteiger partial charge in [-0.1, -0.05) is 26.7 Å². The quantitative estimate of drug-likeness (QED) is 0.554. The highest BCUT2D eigenvalue weighted by molar-refractivity contribution is 5.83. The summed E-state index contributed by atoms with van der Waals surface area (Å²) in [4.78, 5) is 14.2. The lowest BCUT2D eigenvalue weighted by Gasteiger charge is -2.36. The van der Waals surface area contributed by atoms with Crippen LogP contribution in [0.5, 0.6) is 0 Å². The van der Waals surface area contributed by atoms with Crippen molar-refractivity contribution in [2.75, 3.05) is 0 Å². The Hall–Kier alpha value is -0.970. The Bertz CT molecular complexity index is 320. The Kier molecular flexibility index (Phi) is 2.30. The van der Waals surface area contributed by atoms with E-state index in [4.69, 9.17) is 6.42 Å². The number of carbonyl (C=O) groups is 1. The second kappa shape index (κ2) is 3.27. The molecule has 2 fully saturated rings. The zero-order valence-corrected chi connectivity index (χ0v) is 9.79. The molecule has 1 saturated carbocycles. The third kappa shape index (κ3) is 1.55. The lowest BCUT2D eigenvalue weighted by Crippen LogP contribution is -2.48. The molecule has 1 amide bonds. The molecule has 2 aliphatic rings. The molecule has 0 spiro atoms. The third-order valence-electron chi connectivity index (χ3n) is 3.63. The van der Waals surface area contributed by atoms with Crippen LogP contribution in [0.15, 0.2) is 0 Å². The van der Waals surface area contributed by atoms with Gasteiger partial charge in [-0.25, -0.2) is 0 Å². The first-order valence-electron chi connectivity index (χ1n) is 5.74. The van der Waals surface area contributed by atoms with E-state index in [-0.39, 0.29) is 17.4 Å². The Morgan fingerprint density at radius 3 is 2.60 bits per heavy atom. The van der Waals surface area contributed by atoms with E-state index < -0.39 is 0 Å². The summed E-state index contributed by atoms with van der Waals surface area (Å²) in [5.74, 6) is 3.58. The first-order valence-corrected chi connectivity index (χ1v) is 5.74. The summed E-state index contributed by atoms with van der Waals surface area (Å²) >= 11 is 0. The zero-order valence-electron chi connectivity index (χ0n) is 9.79. The van der Waals surface area contributed by atoms with Crippen molar-refractivity contribution in [2.45, 2.75) is 52.1 Å². The van der Waals surface area contributed by atoms with Crippen molar-refractivity contribution < 1.29 is 4.79 Å². The SMILES string of the molecule is C#CC1[C@H]2CC[C@H](C2)N1C(=O)C(C)(C)C. The molecule has 2 rings (SSSR count). The summed E-state index contributed by atoms with van der Waals surface area (Å²) in [5, 5.41) is 0. The molecule has 1 heterocycles. The summed E-state index contributed by atoms with van der Waals surface area (Å²) < 4.78 is 0. The molecule has 1 aliphatic carbocycles. The van der Waals surface area contributed by atoms with E-state index >= 15 is 0 Å². The minimum atomic E-state index is -0.306. The van der Waals surface area contributed by atoms with E-state index in [2.05, 4.69) is 5.92 Å². The average molecular weight is 205 g/mol. The Morgan fingerprint density at radius 2 is 2.07 bits per heavy atom. The fourth-order valence-corrected chi connectivity index (χ4v) is 2.88. The number of hydrogen-bond donors (Lipinski definition) is 0. The number of piperidine rings is 1. The minimum absolute atomic E-state index is 0.0653. The number of likely N-dealkylation sites (tertiary alicyclic amines) is 1. The summed E-state index contributed by atoms with van der Waals surface area (Å²) in [5.41, 5.74) is -0.306. The molecular formula is C13H19NO. The summed E-state index contributed by atoms with van der Waals surface area (Å²) in [7, 11) is 0. The van der Waals surface area contributed by atoms with Crippen molar-refractivity contribution in [1.82, 2.24) is 4.90 Å². The lowest BCUT2D eigenvalue weighted by atomic mass is 9.91. The second-order valence-electron chi connectivity index (χ2n) is 5.80. The van der Waals surface area contributed by atoms with Crippen LogP contribution in [-0.2, 0) is 4.79 Å². The van der Waals surface area contributed by atoms with Gasteiger partial charge < -0.3 is 4.90 Å². The second-order valence-corrected chi connectivity index (χ2v) is 5.80. The van der Waals surface area contributed by atoms with Gasteiger partial charge in [0, 0.05) is 11.5 Å². The zero-order chi connectivity index (χ0) is 11.2. The van der Waals surface area contributed by atoms with Gasteiger partial charge in [0.25, 0.3) is 0 Å². The van der Waals surface area contributed by atoms with Gasteiger partial charge in [0.2, 0.25) is 5.91 Å². The molecule has 1 saturated heterocycles. The van der Waals surface area contributed by atoms with E-state index in [9.17, 15) is 4.79 Å². The first-order chi connectivity index (χ1) is 6.95. The van der Waals surface area contributed by atoms with Crippen LogP contribution in [0.25, 0.3) is 0 Å². The molecule has 0 N–H and O–H groups in total. The van der Waals surface area contributed by atoms with E-state index in [0.717, 1.165) is 12.8 Å². The van der Waals surface area contributed by atoms with Crippen LogP contribution >= 0.6 is 0 Å². The fourth-order valence-electron chi connectivity index (χ4n) is 2.88. The van der Waals surface area contributed by atoms with Gasteiger partial charge in [-0.05, 0) is 25.2 Å². The molecule has 0 radical (unpaired) electrons. The lowest BCUT2D eigenvalue weighted by molar-refractivity contribution is -0.142. The maximum Gasteiger partial charge on any atom is 0.229 e. The number of carbonyl (C=O) groups excluding carboxylic acids is 1. The molecule has 82 valence electrons. The molecule has 15 heavy (non-hydrogen) atoms. The molecule has 0 aromatic carbocycles. The maximum absolute atomic E-state index is 12.3. The van der Waals surface area contributed by atoms with Gasteiger partial charge in [-0.2, -0.15) is 0 Å². The molecular weight excluding hydrogens is 186 g/mol. The average Bonchev–Trinajstić information content (AvgIpc) is 2.73. The van der Waals surface area contributed by atoms with E-state index in [1.165, 1.54) is 6.42 Å². The molecule has 2 heteroatoms. The third-order valence-corrected chi connectivity index (χ3v) is 3.63. The number of fused-ring (bicyclic) bond motifs is 2. The Labute approximate surface area is 92.0 Å². The van der Waals surface area contributed by atoms with Crippen LogP contribution in [0.1, 0.15) is 40.0 Å². The Morgan fingerprint density at radius 1 is 1.40 bits per heavy atom. The van der Waals surface area contributed by atoms with E-state index in [0.29, 0.717) is 12.0 Å². The predicted molar refractivity (Wildman–Crippen MR) is 60.1 cm³/mol. The van der Waals surface area contributed by atoms with Gasteiger partial charge in [-0.3, -0.25) is 4.79 Å². The molecule has 3 atom stereocenters. The van der Waals surface area contributed by atoms with Gasteiger partial charge >= 0.3 is 0 Å². The fraction of sp³-hybridized carbons (Fsp3) is 0.769. The first kappa shape index (κ1) is 10.5. The van der Waals surface area contributed by atoms with Crippen LogP contribution in [0.2, 0.25) is 0 Å². The maximum atomic E-state index is 12.3. The summed E-state index contributed by atoms with van der Waals surface area (Å²) in [6.45, 7) is 5.90. The predicted octanol–water partition coefficient (Wildman–Crippen LogP) is 2.05. The van der Waals surface area contributed by atoms with Gasteiger partial charge in [0.15, 0.2) is 0 Å². The smallest absolute Gasteiger partial charge is 0.229 e. The monoisotopic (exact) mass is 205 g/mol. The van der Waals surface area contributed by atoms with Gasteiger partial charge in [-0.15, -0.1) is 6.42 Å². The molecule has 0 aromatic rings. The van der Waals surface area contributed by atoms with Gasteiger partial charge in [0.05, 0.1) is 6.04 Å². The number of terminal acetylenes is 1. The van der Waals surface area contributed by atoms with Crippen molar-refractivity contribution >= 4 is 5.91 Å². The molecule has 1 aliphatic heterocycles. The van der Waals surface area contributed by atoms with Crippen LogP contribution < -0.4 is 0 Å². The summed E-state index contributed by atoms with van der Waals surface area (Å²) in [6, 6.07) is 0.484. The largest absolute Gasteiger partial charge is 0.325 e. The van der Waals surface area contributed by atoms with Crippen molar-refractivity contribution in [1.29, 1.82) is 0 Å². The van der Waals surface area contributed by atoms with Crippen LogP contribution in [0.4, 0.5) is 0 Å². The van der Waals surface area contributed by atoms with Crippen LogP contribution in [0, 0.1) is 23.7 Å². The normalized spacial score (nSPS) is 34.3. The highest BCUT2D eigenvalue weighted by Crippen LogP contribution is 2.43. The number of rotatable bonds is 0. The molecule has 0 aromatic heterocycles. The number of nitrogens with zero attached hydrogens (tertiary/aromatic N) is 1. The molecule has 1 unspecified atom stereocenters. The number of amides is 1. The van der Waals surface area contributed by atoms with Crippen LogP contribution in [-0.4, -0.2) is 22.9 Å². The number of hydrogen-bond acceptors (Lipinski definition) is 1. The van der Waals surface area contributed by atoms with Crippen molar-refractivity contribution in [3.8, 4) is 12.3 Å². The van der Waals surface area contributed by atoms with E-state index in [1.54, 1.807) is 0 Å². The highest BCUT2D eigenvalue weighted by Gasteiger charge is 2.49. The van der Waals surface area contributed by atoms with E-state index in [1.807, 2.05) is 25.7 Å². The minimum Gasteiger partial charge on any atom is -0.325 e. The van der Waals surface area contributed by atoms with Crippen molar-refractivity contribution in [2.24, 2.45) is 11.3 Å². The topological polar surface area (TPSA) is 20.3 Å². The van der Waals surface area contributed by atoms with Gasteiger partial charge in [0.1, 0.15) is 0 Å². The van der Waals surface area contributed by atoms with Crippen molar-refractivity contribution in [3.63, 3.8) is 0 Å². The molecule has 2 nitrogen and oxygen atoms in total. The van der Waals surface area contributed by atoms with Crippen molar-refractivity contribution in [3.05, 3.63) is 0 Å². The van der Waals surface area contributed by atoms with Crippen LogP contribution in [0.3, 0.4) is 0 Å². The molecule has 2 bridgehead atoms. The standard InChI is InChI=1S/C13H19NO/c1-5-11-9-6-7-10(8-9)14(11)12(15)13(2,3)4/h1,9-11H,6-8H2,2-4H3/t9-,10+,11?/m0/s1. The Balaban J connectivity index is 2.23.